The Morgan fingerprint density at radius 3 is 2.08 bits per heavy atom. The van der Waals surface area contributed by atoms with Crippen molar-refractivity contribution in [2.75, 3.05) is 24.6 Å². The molecule has 1 atom stereocenters. The second kappa shape index (κ2) is 12.4. The molecule has 0 radical (unpaired) electrons. The van der Waals surface area contributed by atoms with Gasteiger partial charge in [0.15, 0.2) is 0 Å². The van der Waals surface area contributed by atoms with Crippen molar-refractivity contribution in [3.8, 4) is 11.5 Å². The Bertz CT molecular complexity index is 1210. The summed E-state index contributed by atoms with van der Waals surface area (Å²) < 4.78 is 39.0. The largest absolute Gasteiger partial charge is 0.497 e. The highest BCUT2D eigenvalue weighted by Crippen LogP contribution is 2.27. The van der Waals surface area contributed by atoms with E-state index < -0.39 is 15.9 Å². The Morgan fingerprint density at radius 2 is 1.53 bits per heavy atom. The van der Waals surface area contributed by atoms with Crippen molar-refractivity contribution in [1.29, 1.82) is 0 Å². The SMILES string of the molecule is CCOc1ccc(N(CC(=O)NC(CC(C)C)c2ccc(OC)cc2)S(=O)(=O)c2ccccc2)cc1. The summed E-state index contributed by atoms with van der Waals surface area (Å²) in [4.78, 5) is 13.4. The molecule has 0 saturated heterocycles. The summed E-state index contributed by atoms with van der Waals surface area (Å²) in [5, 5.41) is 3.05. The molecule has 3 rings (SSSR count). The maximum Gasteiger partial charge on any atom is 0.264 e. The van der Waals surface area contributed by atoms with Crippen LogP contribution in [-0.2, 0) is 14.8 Å². The van der Waals surface area contributed by atoms with Gasteiger partial charge in [-0.25, -0.2) is 8.42 Å². The van der Waals surface area contributed by atoms with Crippen LogP contribution in [0.5, 0.6) is 11.5 Å². The fraction of sp³-hybridized carbons (Fsp3) is 0.321. The van der Waals surface area contributed by atoms with E-state index in [9.17, 15) is 13.2 Å². The number of carbonyl (C=O) groups excluding carboxylic acids is 1. The zero-order chi connectivity index (χ0) is 26.1. The van der Waals surface area contributed by atoms with E-state index in [0.717, 1.165) is 15.6 Å². The summed E-state index contributed by atoms with van der Waals surface area (Å²) in [6.45, 7) is 6.16. The van der Waals surface area contributed by atoms with Gasteiger partial charge in [-0.3, -0.25) is 9.10 Å². The molecule has 0 saturated carbocycles. The molecule has 0 aliphatic heterocycles. The third kappa shape index (κ3) is 7.01. The summed E-state index contributed by atoms with van der Waals surface area (Å²) in [5.74, 6) is 1.26. The average molecular weight is 511 g/mol. The predicted octanol–water partition coefficient (Wildman–Crippen LogP) is 5.19. The maximum absolute atomic E-state index is 13.6. The number of methoxy groups -OCH3 is 1. The summed E-state index contributed by atoms with van der Waals surface area (Å²) >= 11 is 0. The van der Waals surface area contributed by atoms with Crippen LogP contribution in [0, 0.1) is 5.92 Å². The molecule has 8 heteroatoms. The smallest absolute Gasteiger partial charge is 0.264 e. The van der Waals surface area contributed by atoms with Gasteiger partial charge >= 0.3 is 0 Å². The molecule has 3 aromatic carbocycles. The molecule has 1 N–H and O–H groups in total. The molecule has 0 fully saturated rings. The number of nitrogens with one attached hydrogen (secondary N) is 1. The molecule has 36 heavy (non-hydrogen) atoms. The number of nitrogens with zero attached hydrogens (tertiary/aromatic N) is 1. The van der Waals surface area contributed by atoms with Crippen LogP contribution < -0.4 is 19.1 Å². The lowest BCUT2D eigenvalue weighted by Crippen LogP contribution is -2.42. The van der Waals surface area contributed by atoms with E-state index >= 15 is 0 Å². The number of rotatable bonds is 12. The number of anilines is 1. The first kappa shape index (κ1) is 27.1. The van der Waals surface area contributed by atoms with Crippen molar-refractivity contribution in [2.45, 2.75) is 38.1 Å². The molecule has 1 amide bonds. The monoisotopic (exact) mass is 510 g/mol. The Labute approximate surface area is 214 Å². The van der Waals surface area contributed by atoms with Crippen molar-refractivity contribution < 1.29 is 22.7 Å². The topological polar surface area (TPSA) is 84.9 Å². The first-order valence-electron chi connectivity index (χ1n) is 12.0. The lowest BCUT2D eigenvalue weighted by Gasteiger charge is -2.27. The molecule has 0 aliphatic carbocycles. The predicted molar refractivity (Wildman–Crippen MR) is 142 cm³/mol. The van der Waals surface area contributed by atoms with Crippen molar-refractivity contribution in [3.63, 3.8) is 0 Å². The van der Waals surface area contributed by atoms with Crippen molar-refractivity contribution in [2.24, 2.45) is 5.92 Å². The molecule has 7 nitrogen and oxygen atoms in total. The summed E-state index contributed by atoms with van der Waals surface area (Å²) in [5.41, 5.74) is 1.30. The molecule has 0 bridgehead atoms. The third-order valence-corrected chi connectivity index (χ3v) is 7.40. The van der Waals surface area contributed by atoms with Gasteiger partial charge in [-0.2, -0.15) is 0 Å². The van der Waals surface area contributed by atoms with E-state index in [1.54, 1.807) is 49.6 Å². The van der Waals surface area contributed by atoms with Crippen LogP contribution in [0.1, 0.15) is 38.8 Å². The zero-order valence-electron chi connectivity index (χ0n) is 21.2. The Kier molecular flexibility index (Phi) is 9.36. The van der Waals surface area contributed by atoms with Crippen LogP contribution in [-0.4, -0.2) is 34.6 Å². The fourth-order valence-corrected chi connectivity index (χ4v) is 5.31. The van der Waals surface area contributed by atoms with Crippen molar-refractivity contribution >= 4 is 21.6 Å². The molecule has 0 aliphatic rings. The minimum absolute atomic E-state index is 0.112. The molecular formula is C28H34N2O5S. The molecule has 192 valence electrons. The number of hydrogen-bond donors (Lipinski definition) is 1. The molecule has 0 aromatic heterocycles. The number of carbonyl (C=O) groups is 1. The summed E-state index contributed by atoms with van der Waals surface area (Å²) in [6, 6.07) is 22.0. The first-order chi connectivity index (χ1) is 17.2. The van der Waals surface area contributed by atoms with Gasteiger partial charge in [0.25, 0.3) is 10.0 Å². The molecule has 3 aromatic rings. The van der Waals surface area contributed by atoms with Crippen molar-refractivity contribution in [1.82, 2.24) is 5.32 Å². The number of amides is 1. The minimum atomic E-state index is -3.99. The van der Waals surface area contributed by atoms with Gasteiger partial charge in [0, 0.05) is 0 Å². The lowest BCUT2D eigenvalue weighted by molar-refractivity contribution is -0.120. The van der Waals surface area contributed by atoms with Gasteiger partial charge in [0.05, 0.1) is 30.3 Å². The molecule has 0 spiro atoms. The summed E-state index contributed by atoms with van der Waals surface area (Å²) in [6.07, 6.45) is 0.701. The van der Waals surface area contributed by atoms with Crippen LogP contribution in [0.25, 0.3) is 0 Å². The number of benzene rings is 3. The van der Waals surface area contributed by atoms with Crippen LogP contribution in [0.3, 0.4) is 0 Å². The minimum Gasteiger partial charge on any atom is -0.497 e. The van der Waals surface area contributed by atoms with Gasteiger partial charge in [0.2, 0.25) is 5.91 Å². The van der Waals surface area contributed by atoms with E-state index in [4.69, 9.17) is 9.47 Å². The van der Waals surface area contributed by atoms with Crippen LogP contribution in [0.15, 0.2) is 83.8 Å². The number of sulfonamides is 1. The van der Waals surface area contributed by atoms with Crippen LogP contribution >= 0.6 is 0 Å². The second-order valence-corrected chi connectivity index (χ2v) is 10.6. The van der Waals surface area contributed by atoms with Gasteiger partial charge < -0.3 is 14.8 Å². The Hall–Kier alpha value is -3.52. The highest BCUT2D eigenvalue weighted by Gasteiger charge is 2.28. The van der Waals surface area contributed by atoms with Gasteiger partial charge in [0.1, 0.15) is 18.0 Å². The van der Waals surface area contributed by atoms with Gasteiger partial charge in [-0.15, -0.1) is 0 Å². The lowest BCUT2D eigenvalue weighted by atomic mass is 9.97. The molecule has 1 unspecified atom stereocenters. The highest BCUT2D eigenvalue weighted by molar-refractivity contribution is 7.92. The highest BCUT2D eigenvalue weighted by atomic mass is 32.2. The van der Waals surface area contributed by atoms with Gasteiger partial charge in [-0.1, -0.05) is 44.2 Å². The quantitative estimate of drug-likeness (QED) is 0.362. The normalized spacial score (nSPS) is 12.1. The van der Waals surface area contributed by atoms with E-state index in [-0.39, 0.29) is 17.5 Å². The zero-order valence-corrected chi connectivity index (χ0v) is 22.0. The third-order valence-electron chi connectivity index (χ3n) is 5.61. The first-order valence-corrected chi connectivity index (χ1v) is 13.4. The number of ether oxygens (including phenoxy) is 2. The Morgan fingerprint density at radius 1 is 0.917 bits per heavy atom. The van der Waals surface area contributed by atoms with Crippen LogP contribution in [0.4, 0.5) is 5.69 Å². The molecular weight excluding hydrogens is 476 g/mol. The van der Waals surface area contributed by atoms with E-state index in [0.29, 0.717) is 30.4 Å². The molecule has 0 heterocycles. The van der Waals surface area contributed by atoms with E-state index in [1.807, 2.05) is 31.2 Å². The Balaban J connectivity index is 1.90. The van der Waals surface area contributed by atoms with E-state index in [1.165, 1.54) is 12.1 Å². The van der Waals surface area contributed by atoms with Gasteiger partial charge in [-0.05, 0) is 73.4 Å². The van der Waals surface area contributed by atoms with E-state index in [2.05, 4.69) is 19.2 Å². The summed E-state index contributed by atoms with van der Waals surface area (Å²) in [7, 11) is -2.39. The average Bonchev–Trinajstić information content (AvgIpc) is 2.88. The second-order valence-electron chi connectivity index (χ2n) is 8.77. The van der Waals surface area contributed by atoms with Crippen LogP contribution in [0.2, 0.25) is 0 Å². The number of hydrogen-bond acceptors (Lipinski definition) is 5. The maximum atomic E-state index is 13.6. The fourth-order valence-electron chi connectivity index (χ4n) is 3.87. The van der Waals surface area contributed by atoms with Crippen molar-refractivity contribution in [3.05, 3.63) is 84.4 Å². The standard InChI is InChI=1S/C28H34N2O5S/c1-5-35-25-17-13-23(14-18-25)30(36(32,33)26-9-7-6-8-10-26)20-28(31)29-27(19-21(2)3)22-11-15-24(34-4)16-12-22/h6-18,21,27H,5,19-20H2,1-4H3,(H,29,31).